The Morgan fingerprint density at radius 1 is 1.26 bits per heavy atom. The minimum atomic E-state index is -3.75. The highest BCUT2D eigenvalue weighted by Crippen LogP contribution is 2.30. The lowest BCUT2D eigenvalue weighted by molar-refractivity contribution is 0.0296. The first-order valence-electron chi connectivity index (χ1n) is 9.17. The van der Waals surface area contributed by atoms with Crippen LogP contribution in [-0.2, 0) is 21.8 Å². The number of morpholine rings is 1. The highest BCUT2D eigenvalue weighted by atomic mass is 32.2. The van der Waals surface area contributed by atoms with Gasteiger partial charge in [0.2, 0.25) is 10.0 Å². The van der Waals surface area contributed by atoms with Crippen molar-refractivity contribution >= 4 is 15.9 Å². The topological polar surface area (TPSA) is 87.6 Å². The van der Waals surface area contributed by atoms with Crippen molar-refractivity contribution in [2.24, 2.45) is 7.05 Å². The van der Waals surface area contributed by atoms with Gasteiger partial charge in [-0.2, -0.15) is 4.31 Å². The number of hydrogen-bond acceptors (Lipinski definition) is 4. The Bertz CT molecular complexity index is 927. The Morgan fingerprint density at radius 2 is 2.04 bits per heavy atom. The number of carbonyl (C=O) groups is 1. The monoisotopic (exact) mass is 392 g/mol. The number of amides is 1. The van der Waals surface area contributed by atoms with E-state index >= 15 is 0 Å². The molecule has 2 aliphatic heterocycles. The second-order valence-corrected chi connectivity index (χ2v) is 8.89. The molecule has 2 saturated heterocycles. The van der Waals surface area contributed by atoms with E-state index < -0.39 is 16.1 Å². The van der Waals surface area contributed by atoms with Gasteiger partial charge in [0.1, 0.15) is 10.6 Å². The van der Waals surface area contributed by atoms with Gasteiger partial charge in [-0.05, 0) is 31.0 Å². The number of rotatable bonds is 4. The first kappa shape index (κ1) is 18.3. The summed E-state index contributed by atoms with van der Waals surface area (Å²) < 4.78 is 35.5. The van der Waals surface area contributed by atoms with Crippen LogP contribution >= 0.6 is 0 Å². The van der Waals surface area contributed by atoms with E-state index in [1.54, 1.807) is 4.90 Å². The Morgan fingerprint density at radius 3 is 2.74 bits per heavy atom. The van der Waals surface area contributed by atoms with Gasteiger partial charge in [0.15, 0.2) is 0 Å². The fraction of sp³-hybridized carbons (Fsp3) is 0.500. The average molecular weight is 392 g/mol. The molecule has 0 spiro atoms. The number of nitrogens with zero attached hydrogens (tertiary/aromatic N) is 3. The van der Waals surface area contributed by atoms with E-state index in [9.17, 15) is 13.2 Å². The van der Waals surface area contributed by atoms with Crippen molar-refractivity contribution in [3.05, 3.63) is 42.0 Å². The Labute approximate surface area is 158 Å². The maximum atomic E-state index is 13.3. The molecule has 2 aromatic heterocycles. The van der Waals surface area contributed by atoms with E-state index in [0.29, 0.717) is 18.9 Å². The summed E-state index contributed by atoms with van der Waals surface area (Å²) in [4.78, 5) is 17.2. The largest absolute Gasteiger partial charge is 0.378 e. The summed E-state index contributed by atoms with van der Waals surface area (Å²) in [5.74, 6) is -0.144. The predicted octanol–water partition coefficient (Wildman–Crippen LogP) is 1.35. The highest BCUT2D eigenvalue weighted by molar-refractivity contribution is 7.89. The Hall–Kier alpha value is -2.10. The van der Waals surface area contributed by atoms with Crippen molar-refractivity contribution < 1.29 is 17.9 Å². The number of H-pyrrole nitrogens is 1. The van der Waals surface area contributed by atoms with Gasteiger partial charge in [-0.15, -0.1) is 0 Å². The van der Waals surface area contributed by atoms with Crippen molar-refractivity contribution in [2.45, 2.75) is 23.8 Å². The third-order valence-corrected chi connectivity index (χ3v) is 7.18. The molecule has 8 nitrogen and oxygen atoms in total. The number of aromatic amines is 1. The Kier molecular flexibility index (Phi) is 4.83. The van der Waals surface area contributed by atoms with Crippen molar-refractivity contribution in [2.75, 3.05) is 32.8 Å². The van der Waals surface area contributed by atoms with Crippen LogP contribution in [0.2, 0.25) is 0 Å². The summed E-state index contributed by atoms with van der Waals surface area (Å²) in [5, 5.41) is 0. The molecule has 146 valence electrons. The van der Waals surface area contributed by atoms with Crippen LogP contribution in [0.25, 0.3) is 0 Å². The number of hydrogen-bond donors (Lipinski definition) is 1. The molecule has 0 radical (unpaired) electrons. The third kappa shape index (κ3) is 3.30. The number of nitrogens with one attached hydrogen (secondary N) is 1. The summed E-state index contributed by atoms with van der Waals surface area (Å²) in [6.45, 7) is 2.38. The zero-order valence-electron chi connectivity index (χ0n) is 15.3. The van der Waals surface area contributed by atoms with Crippen LogP contribution in [0.3, 0.4) is 0 Å². The van der Waals surface area contributed by atoms with E-state index in [1.807, 2.05) is 29.9 Å². The van der Waals surface area contributed by atoms with Crippen LogP contribution in [0, 0.1) is 0 Å². The zero-order chi connectivity index (χ0) is 19.0. The third-order valence-electron chi connectivity index (χ3n) is 5.29. The second-order valence-electron chi connectivity index (χ2n) is 7.00. The summed E-state index contributed by atoms with van der Waals surface area (Å²) in [6.07, 6.45) is 5.28. The number of aromatic nitrogens is 2. The van der Waals surface area contributed by atoms with E-state index in [2.05, 4.69) is 4.98 Å². The molecule has 0 unspecified atom stereocenters. The van der Waals surface area contributed by atoms with Gasteiger partial charge in [-0.1, -0.05) is 0 Å². The van der Waals surface area contributed by atoms with Crippen molar-refractivity contribution in [3.63, 3.8) is 0 Å². The van der Waals surface area contributed by atoms with E-state index in [-0.39, 0.29) is 17.3 Å². The summed E-state index contributed by atoms with van der Waals surface area (Å²) in [5.41, 5.74) is 1.20. The molecule has 0 aliphatic carbocycles. The van der Waals surface area contributed by atoms with Crippen molar-refractivity contribution in [3.8, 4) is 0 Å². The highest BCUT2D eigenvalue weighted by Gasteiger charge is 2.37. The first-order valence-corrected chi connectivity index (χ1v) is 10.6. The van der Waals surface area contributed by atoms with Crippen molar-refractivity contribution in [1.82, 2.24) is 18.8 Å². The summed E-state index contributed by atoms with van der Waals surface area (Å²) >= 11 is 0. The fourth-order valence-corrected chi connectivity index (χ4v) is 5.37. The molecule has 9 heteroatoms. The van der Waals surface area contributed by atoms with Gasteiger partial charge in [0, 0.05) is 44.8 Å². The first-order chi connectivity index (χ1) is 13.0. The van der Waals surface area contributed by atoms with Gasteiger partial charge in [0.25, 0.3) is 5.91 Å². The van der Waals surface area contributed by atoms with Crippen LogP contribution in [0.5, 0.6) is 0 Å². The molecule has 1 N–H and O–H groups in total. The molecule has 4 rings (SSSR count). The second kappa shape index (κ2) is 7.14. The smallest absolute Gasteiger partial charge is 0.270 e. The molecule has 2 aliphatic rings. The van der Waals surface area contributed by atoms with Crippen molar-refractivity contribution in [1.29, 1.82) is 0 Å². The molecule has 0 bridgehead atoms. The van der Waals surface area contributed by atoms with Gasteiger partial charge in [0.05, 0.1) is 19.3 Å². The standard InChI is InChI=1S/C18H24N4O4S/c1-20-6-4-5-16(20)17-13-26-10-9-22(17)27(24,25)14-11-15(19-12-14)18(23)21-7-2-3-8-21/h4-6,11-12,17,19H,2-3,7-10,13H2,1H3/t17-/m0/s1. The molecule has 0 saturated carbocycles. The van der Waals surface area contributed by atoms with Crippen LogP contribution in [0.1, 0.15) is 35.1 Å². The lowest BCUT2D eigenvalue weighted by atomic mass is 10.2. The Balaban J connectivity index is 1.62. The SMILES string of the molecule is Cn1cccc1[C@@H]1COCCN1S(=O)(=O)c1c[nH]c(C(=O)N2CCCC2)c1. The maximum absolute atomic E-state index is 13.3. The van der Waals surface area contributed by atoms with Gasteiger partial charge in [-0.25, -0.2) is 8.42 Å². The molecule has 0 aromatic carbocycles. The fourth-order valence-electron chi connectivity index (χ4n) is 3.80. The summed E-state index contributed by atoms with van der Waals surface area (Å²) in [7, 11) is -1.87. The number of sulfonamides is 1. The van der Waals surface area contributed by atoms with E-state index in [1.165, 1.54) is 16.6 Å². The number of ether oxygens (including phenoxy) is 1. The van der Waals surface area contributed by atoms with Crippen LogP contribution < -0.4 is 0 Å². The molecule has 27 heavy (non-hydrogen) atoms. The molecular formula is C18H24N4O4S. The molecule has 2 aromatic rings. The lowest BCUT2D eigenvalue weighted by Gasteiger charge is -2.34. The lowest BCUT2D eigenvalue weighted by Crippen LogP contribution is -2.43. The van der Waals surface area contributed by atoms with Crippen LogP contribution in [0.15, 0.2) is 35.5 Å². The van der Waals surface area contributed by atoms with Crippen LogP contribution in [-0.4, -0.2) is 65.9 Å². The number of carbonyl (C=O) groups excluding carboxylic acids is 1. The van der Waals surface area contributed by atoms with E-state index in [0.717, 1.165) is 31.6 Å². The zero-order valence-corrected chi connectivity index (χ0v) is 16.1. The number of aryl methyl sites for hydroxylation is 1. The molecule has 4 heterocycles. The quantitative estimate of drug-likeness (QED) is 0.851. The van der Waals surface area contributed by atoms with Gasteiger partial charge in [-0.3, -0.25) is 4.79 Å². The normalized spacial score (nSPS) is 21.7. The molecular weight excluding hydrogens is 368 g/mol. The minimum absolute atomic E-state index is 0.117. The maximum Gasteiger partial charge on any atom is 0.270 e. The molecule has 1 atom stereocenters. The average Bonchev–Trinajstić information content (AvgIpc) is 3.42. The van der Waals surface area contributed by atoms with Crippen LogP contribution in [0.4, 0.5) is 0 Å². The number of likely N-dealkylation sites (tertiary alicyclic amines) is 1. The summed E-state index contributed by atoms with van der Waals surface area (Å²) in [6, 6.07) is 4.85. The van der Waals surface area contributed by atoms with Gasteiger partial charge >= 0.3 is 0 Å². The van der Waals surface area contributed by atoms with Gasteiger partial charge < -0.3 is 19.2 Å². The molecule has 1 amide bonds. The minimum Gasteiger partial charge on any atom is -0.378 e. The predicted molar refractivity (Wildman–Crippen MR) is 98.8 cm³/mol. The van der Waals surface area contributed by atoms with E-state index in [4.69, 9.17) is 4.74 Å². The molecule has 2 fully saturated rings.